The Morgan fingerprint density at radius 3 is 2.15 bits per heavy atom. The van der Waals surface area contributed by atoms with E-state index in [0.717, 1.165) is 11.2 Å². The first-order chi connectivity index (χ1) is 6.34. The van der Waals surface area contributed by atoms with E-state index in [9.17, 15) is 0 Å². The van der Waals surface area contributed by atoms with E-state index in [1.165, 1.54) is 0 Å². The molecule has 0 atom stereocenters. The van der Waals surface area contributed by atoms with Crippen molar-refractivity contribution in [3.63, 3.8) is 0 Å². The summed E-state index contributed by atoms with van der Waals surface area (Å²) < 4.78 is 2.56. The highest BCUT2D eigenvalue weighted by Gasteiger charge is 1.82. The Kier molecular flexibility index (Phi) is 12.9. The smallest absolute Gasteiger partial charge is 0.122 e. The molecule has 0 amide bonds. The third-order valence-corrected chi connectivity index (χ3v) is 1.43. The highest BCUT2D eigenvalue weighted by Crippen LogP contribution is 1.87. The van der Waals surface area contributed by atoms with Gasteiger partial charge in [-0.05, 0) is 19.1 Å². The molecule has 76 valence electrons. The van der Waals surface area contributed by atoms with Crippen molar-refractivity contribution < 1.29 is 0 Å². The molecular weight excluding hydrogens is 180 g/mol. The van der Waals surface area contributed by atoms with Crippen LogP contribution in [0.1, 0.15) is 34.6 Å². The lowest BCUT2D eigenvalue weighted by Crippen LogP contribution is -2.00. The van der Waals surface area contributed by atoms with Gasteiger partial charge < -0.3 is 0 Å². The van der Waals surface area contributed by atoms with E-state index in [2.05, 4.69) is 5.10 Å². The van der Waals surface area contributed by atoms with Crippen molar-refractivity contribution in [3.8, 4) is 0 Å². The molecule has 1 rings (SSSR count). The Morgan fingerprint density at radius 2 is 1.85 bits per heavy atom. The largest absolute Gasteiger partial charge is 0.255 e. The Balaban J connectivity index is 0. The van der Waals surface area contributed by atoms with E-state index in [-0.39, 0.29) is 0 Å². The van der Waals surface area contributed by atoms with Gasteiger partial charge in [0.25, 0.3) is 0 Å². The number of nitrogens with zero attached hydrogens (tertiary/aromatic N) is 2. The molecule has 0 saturated heterocycles. The third kappa shape index (κ3) is 6.46. The van der Waals surface area contributed by atoms with E-state index in [4.69, 9.17) is 12.2 Å². The second kappa shape index (κ2) is 11.3. The highest BCUT2D eigenvalue weighted by atomic mass is 32.1. The maximum atomic E-state index is 4.95. The zero-order valence-electron chi connectivity index (χ0n) is 9.24. The van der Waals surface area contributed by atoms with E-state index < -0.39 is 0 Å². The van der Waals surface area contributed by atoms with Crippen LogP contribution in [0.3, 0.4) is 0 Å². The second-order valence-corrected chi connectivity index (χ2v) is 2.10. The monoisotopic (exact) mass is 200 g/mol. The Morgan fingerprint density at radius 1 is 1.31 bits per heavy atom. The summed E-state index contributed by atoms with van der Waals surface area (Å²) in [6.07, 6.45) is 1.74. The van der Waals surface area contributed by atoms with Crippen molar-refractivity contribution >= 4 is 12.2 Å². The summed E-state index contributed by atoms with van der Waals surface area (Å²) in [5.41, 5.74) is 0. The van der Waals surface area contributed by atoms with Crippen molar-refractivity contribution in [1.82, 2.24) is 9.78 Å². The SMILES string of the molecule is CC.CC.CCn1ncccc1=S. The summed E-state index contributed by atoms with van der Waals surface area (Å²) in [6.45, 7) is 10.9. The Labute approximate surface area is 86.6 Å². The molecule has 0 aliphatic heterocycles. The predicted octanol–water partition coefficient (Wildman–Crippen LogP) is 3.68. The van der Waals surface area contributed by atoms with Crippen LogP contribution in [-0.4, -0.2) is 9.78 Å². The molecule has 2 nitrogen and oxygen atoms in total. The van der Waals surface area contributed by atoms with E-state index >= 15 is 0 Å². The molecule has 0 bridgehead atoms. The Bertz CT molecular complexity index is 243. The average molecular weight is 200 g/mol. The van der Waals surface area contributed by atoms with Gasteiger partial charge in [0.15, 0.2) is 0 Å². The van der Waals surface area contributed by atoms with Crippen molar-refractivity contribution in [1.29, 1.82) is 0 Å². The number of aryl methyl sites for hydroxylation is 1. The van der Waals surface area contributed by atoms with Crippen molar-refractivity contribution in [3.05, 3.63) is 23.0 Å². The number of aromatic nitrogens is 2. The highest BCUT2D eigenvalue weighted by molar-refractivity contribution is 7.71. The van der Waals surface area contributed by atoms with Gasteiger partial charge in [-0.3, -0.25) is 4.68 Å². The minimum Gasteiger partial charge on any atom is -0.255 e. The fourth-order valence-electron chi connectivity index (χ4n) is 0.625. The molecule has 1 heterocycles. The van der Waals surface area contributed by atoms with E-state index in [0.29, 0.717) is 0 Å². The van der Waals surface area contributed by atoms with Crippen LogP contribution in [0.25, 0.3) is 0 Å². The van der Waals surface area contributed by atoms with E-state index in [1.54, 1.807) is 10.9 Å². The second-order valence-electron chi connectivity index (χ2n) is 1.68. The van der Waals surface area contributed by atoms with Gasteiger partial charge in [-0.25, -0.2) is 0 Å². The molecule has 1 aromatic rings. The maximum Gasteiger partial charge on any atom is 0.122 e. The molecule has 3 heteroatoms. The predicted molar refractivity (Wildman–Crippen MR) is 61.4 cm³/mol. The van der Waals surface area contributed by atoms with Gasteiger partial charge in [-0.15, -0.1) is 0 Å². The lowest BCUT2D eigenvalue weighted by molar-refractivity contribution is 0.630. The molecule has 0 spiro atoms. The third-order valence-electron chi connectivity index (χ3n) is 1.08. The zero-order valence-corrected chi connectivity index (χ0v) is 10.1. The first-order valence-corrected chi connectivity index (χ1v) is 5.27. The van der Waals surface area contributed by atoms with Crippen LogP contribution in [0.2, 0.25) is 0 Å². The Hall–Kier alpha value is -0.700. The lowest BCUT2D eigenvalue weighted by atomic mass is 10.6. The van der Waals surface area contributed by atoms with Gasteiger partial charge >= 0.3 is 0 Å². The summed E-state index contributed by atoms with van der Waals surface area (Å²) in [6, 6.07) is 3.71. The van der Waals surface area contributed by atoms with Crippen molar-refractivity contribution in [2.45, 2.75) is 41.2 Å². The van der Waals surface area contributed by atoms with Gasteiger partial charge in [0.05, 0.1) is 0 Å². The molecule has 0 radical (unpaired) electrons. The van der Waals surface area contributed by atoms with Crippen LogP contribution >= 0.6 is 12.2 Å². The van der Waals surface area contributed by atoms with Gasteiger partial charge in [0, 0.05) is 12.7 Å². The topological polar surface area (TPSA) is 17.8 Å². The molecule has 13 heavy (non-hydrogen) atoms. The summed E-state index contributed by atoms with van der Waals surface area (Å²) in [7, 11) is 0. The van der Waals surface area contributed by atoms with Gasteiger partial charge in [-0.1, -0.05) is 39.9 Å². The minimum absolute atomic E-state index is 0.792. The fourth-order valence-corrected chi connectivity index (χ4v) is 0.880. The first kappa shape index (κ1) is 14.8. The van der Waals surface area contributed by atoms with Gasteiger partial charge in [0.1, 0.15) is 4.64 Å². The lowest BCUT2D eigenvalue weighted by Gasteiger charge is -1.96. The number of hydrogen-bond donors (Lipinski definition) is 0. The standard InChI is InChI=1S/C6H8N2S.2C2H6/c1-2-8-6(9)4-3-5-7-8;2*1-2/h3-5H,2H2,1H3;2*1-2H3. The maximum absolute atomic E-state index is 4.95. The van der Waals surface area contributed by atoms with Crippen LogP contribution in [0.15, 0.2) is 18.3 Å². The van der Waals surface area contributed by atoms with Gasteiger partial charge in [0.2, 0.25) is 0 Å². The number of hydrogen-bond acceptors (Lipinski definition) is 2. The molecule has 0 saturated carbocycles. The molecule has 1 aromatic heterocycles. The summed E-state index contributed by atoms with van der Waals surface area (Å²) in [4.78, 5) is 0. The van der Waals surface area contributed by atoms with Gasteiger partial charge in [-0.2, -0.15) is 5.10 Å². The zero-order chi connectivity index (χ0) is 10.7. The van der Waals surface area contributed by atoms with Crippen LogP contribution < -0.4 is 0 Å². The van der Waals surface area contributed by atoms with Crippen LogP contribution in [0.5, 0.6) is 0 Å². The molecule has 0 fully saturated rings. The van der Waals surface area contributed by atoms with Crippen LogP contribution in [0, 0.1) is 4.64 Å². The molecule has 0 aliphatic rings. The quantitative estimate of drug-likeness (QED) is 0.643. The molecule has 0 aromatic carbocycles. The molecular formula is C10H20N2S. The van der Waals surface area contributed by atoms with Crippen molar-refractivity contribution in [2.24, 2.45) is 0 Å². The normalized spacial score (nSPS) is 7.46. The average Bonchev–Trinajstić information content (AvgIpc) is 2.24. The summed E-state index contributed by atoms with van der Waals surface area (Å²) in [5.74, 6) is 0. The molecule has 0 unspecified atom stereocenters. The molecule has 0 N–H and O–H groups in total. The van der Waals surface area contributed by atoms with Crippen molar-refractivity contribution in [2.75, 3.05) is 0 Å². The van der Waals surface area contributed by atoms with E-state index in [1.807, 2.05) is 46.8 Å². The number of rotatable bonds is 1. The van der Waals surface area contributed by atoms with Crippen LogP contribution in [0.4, 0.5) is 0 Å². The molecule has 0 aliphatic carbocycles. The fraction of sp³-hybridized carbons (Fsp3) is 0.600. The first-order valence-electron chi connectivity index (χ1n) is 4.86. The summed E-state index contributed by atoms with van der Waals surface area (Å²) in [5, 5.41) is 4.01. The minimum atomic E-state index is 0.792. The van der Waals surface area contributed by atoms with Crippen LogP contribution in [-0.2, 0) is 6.54 Å². The summed E-state index contributed by atoms with van der Waals surface area (Å²) >= 11 is 4.95.